The Bertz CT molecular complexity index is 1460. The average Bonchev–Trinajstić information content (AvgIpc) is 3.40. The van der Waals surface area contributed by atoms with E-state index in [0.717, 1.165) is 33.4 Å². The Balaban J connectivity index is 1.41. The van der Waals surface area contributed by atoms with E-state index in [1.54, 1.807) is 11.0 Å². The molecule has 2 aromatic carbocycles. The van der Waals surface area contributed by atoms with Gasteiger partial charge in [0.1, 0.15) is 23.5 Å². The number of fused-ring (bicyclic) bond motifs is 2. The molecule has 0 fully saturated rings. The molecule has 0 radical (unpaired) electrons. The van der Waals surface area contributed by atoms with E-state index in [1.165, 1.54) is 24.5 Å². The van der Waals surface area contributed by atoms with Gasteiger partial charge in [0.2, 0.25) is 5.91 Å². The van der Waals surface area contributed by atoms with Crippen LogP contribution in [0, 0.1) is 0 Å². The highest BCUT2D eigenvalue weighted by Gasteiger charge is 2.31. The first-order valence-corrected chi connectivity index (χ1v) is 11.5. The molecule has 7 nitrogen and oxygen atoms in total. The van der Waals surface area contributed by atoms with E-state index in [2.05, 4.69) is 33.1 Å². The van der Waals surface area contributed by atoms with E-state index >= 15 is 0 Å². The van der Waals surface area contributed by atoms with Gasteiger partial charge in [-0.25, -0.2) is 9.97 Å². The standard InChI is InChI=1S/C26H24F3N5O2/c1-15(2)34-13-20(23-24(30)31-14-32-25(23)34)17-6-7-21-18(12-17)8-9-33(21)22(35)11-16-4-3-5-19(10-16)36-26(27,28)29/h3-7,10,12-15H,8-9,11H2,1-2H3,(H2,30,31,32). The average molecular weight is 496 g/mol. The van der Waals surface area contributed by atoms with Crippen LogP contribution in [0.5, 0.6) is 5.75 Å². The van der Waals surface area contributed by atoms with Gasteiger partial charge in [-0.05, 0) is 61.2 Å². The summed E-state index contributed by atoms with van der Waals surface area (Å²) in [5.74, 6) is -0.133. The number of aromatic nitrogens is 3. The third-order valence-corrected chi connectivity index (χ3v) is 6.27. The highest BCUT2D eigenvalue weighted by atomic mass is 19.4. The molecular formula is C26H24F3N5O2. The van der Waals surface area contributed by atoms with Crippen molar-refractivity contribution in [2.24, 2.45) is 0 Å². The first kappa shape index (κ1) is 23.7. The van der Waals surface area contributed by atoms with Crippen molar-refractivity contribution in [3.8, 4) is 16.9 Å². The fourth-order valence-corrected chi connectivity index (χ4v) is 4.67. The topological polar surface area (TPSA) is 86.3 Å². The summed E-state index contributed by atoms with van der Waals surface area (Å²) in [6.45, 7) is 4.63. The van der Waals surface area contributed by atoms with Gasteiger partial charge in [-0.2, -0.15) is 0 Å². The second-order valence-electron chi connectivity index (χ2n) is 9.01. The molecule has 0 spiro atoms. The number of nitrogens with two attached hydrogens (primary N) is 1. The van der Waals surface area contributed by atoms with Crippen LogP contribution in [0.25, 0.3) is 22.2 Å². The lowest BCUT2D eigenvalue weighted by Gasteiger charge is -2.18. The Labute approximate surface area is 205 Å². The molecule has 2 aromatic heterocycles. The summed E-state index contributed by atoms with van der Waals surface area (Å²) in [6, 6.07) is 11.6. The van der Waals surface area contributed by atoms with Crippen molar-refractivity contribution in [3.05, 3.63) is 66.1 Å². The van der Waals surface area contributed by atoms with Crippen molar-refractivity contribution in [3.63, 3.8) is 0 Å². The van der Waals surface area contributed by atoms with E-state index < -0.39 is 6.36 Å². The van der Waals surface area contributed by atoms with Crippen LogP contribution in [0.15, 0.2) is 55.0 Å². The molecule has 1 amide bonds. The molecule has 4 aromatic rings. The summed E-state index contributed by atoms with van der Waals surface area (Å²) < 4.78 is 43.6. The summed E-state index contributed by atoms with van der Waals surface area (Å²) in [4.78, 5) is 23.3. The van der Waals surface area contributed by atoms with E-state index in [4.69, 9.17) is 5.73 Å². The molecule has 10 heteroatoms. The van der Waals surface area contributed by atoms with E-state index in [-0.39, 0.29) is 24.1 Å². The van der Waals surface area contributed by atoms with Crippen molar-refractivity contribution in [1.29, 1.82) is 0 Å². The minimum absolute atomic E-state index is 0.0357. The molecule has 36 heavy (non-hydrogen) atoms. The number of hydrogen-bond acceptors (Lipinski definition) is 5. The largest absolute Gasteiger partial charge is 0.573 e. The van der Waals surface area contributed by atoms with Crippen LogP contribution in [-0.4, -0.2) is 33.3 Å². The number of nitrogens with zero attached hydrogens (tertiary/aromatic N) is 4. The predicted octanol–water partition coefficient (Wildman–Crippen LogP) is 5.29. The SMILES string of the molecule is CC(C)n1cc(-c2ccc3c(c2)CCN3C(=O)Cc2cccc(OC(F)(F)F)c2)c2c(N)ncnc21. The molecule has 0 saturated heterocycles. The lowest BCUT2D eigenvalue weighted by Crippen LogP contribution is -2.30. The highest BCUT2D eigenvalue weighted by Crippen LogP contribution is 2.38. The van der Waals surface area contributed by atoms with Crippen molar-refractivity contribution >= 4 is 28.4 Å². The number of rotatable bonds is 5. The van der Waals surface area contributed by atoms with Crippen LogP contribution < -0.4 is 15.4 Å². The first-order valence-electron chi connectivity index (χ1n) is 11.5. The molecule has 1 aliphatic heterocycles. The summed E-state index contributed by atoms with van der Waals surface area (Å²) >= 11 is 0. The van der Waals surface area contributed by atoms with Gasteiger partial charge in [-0.1, -0.05) is 18.2 Å². The number of anilines is 2. The summed E-state index contributed by atoms with van der Waals surface area (Å²) in [5.41, 5.74) is 11.1. The molecule has 0 bridgehead atoms. The molecule has 2 N–H and O–H groups in total. The smallest absolute Gasteiger partial charge is 0.406 e. The van der Waals surface area contributed by atoms with Gasteiger partial charge in [-0.3, -0.25) is 4.79 Å². The van der Waals surface area contributed by atoms with Gasteiger partial charge >= 0.3 is 6.36 Å². The lowest BCUT2D eigenvalue weighted by atomic mass is 10.0. The fourth-order valence-electron chi connectivity index (χ4n) is 4.67. The number of alkyl halides is 3. The monoisotopic (exact) mass is 495 g/mol. The molecule has 0 aliphatic carbocycles. The number of halogens is 3. The van der Waals surface area contributed by atoms with Crippen LogP contribution in [0.2, 0.25) is 0 Å². The quantitative estimate of drug-likeness (QED) is 0.407. The normalized spacial score (nSPS) is 13.4. The number of carbonyl (C=O) groups excluding carboxylic acids is 1. The molecule has 0 atom stereocenters. The Morgan fingerprint density at radius 2 is 1.97 bits per heavy atom. The maximum Gasteiger partial charge on any atom is 0.573 e. The summed E-state index contributed by atoms with van der Waals surface area (Å²) in [6.07, 6.45) is -0.674. The first-order chi connectivity index (χ1) is 17.1. The van der Waals surface area contributed by atoms with Crippen molar-refractivity contribution < 1.29 is 22.7 Å². The number of nitrogen functional groups attached to an aromatic ring is 1. The van der Waals surface area contributed by atoms with E-state index in [1.807, 2.05) is 24.4 Å². The van der Waals surface area contributed by atoms with Gasteiger partial charge in [0, 0.05) is 30.0 Å². The molecule has 186 valence electrons. The number of amides is 1. The molecule has 1 aliphatic rings. The Morgan fingerprint density at radius 3 is 2.72 bits per heavy atom. The van der Waals surface area contributed by atoms with Crippen LogP contribution in [0.1, 0.15) is 31.0 Å². The van der Waals surface area contributed by atoms with Gasteiger partial charge in [-0.15, -0.1) is 13.2 Å². The summed E-state index contributed by atoms with van der Waals surface area (Å²) in [5, 5.41) is 0.790. The zero-order chi connectivity index (χ0) is 25.6. The Kier molecular flexibility index (Phi) is 5.82. The Morgan fingerprint density at radius 1 is 1.17 bits per heavy atom. The maximum atomic E-state index is 13.1. The third kappa shape index (κ3) is 4.46. The second-order valence-corrected chi connectivity index (χ2v) is 9.01. The molecule has 5 rings (SSSR count). The lowest BCUT2D eigenvalue weighted by molar-refractivity contribution is -0.274. The third-order valence-electron chi connectivity index (χ3n) is 6.27. The zero-order valence-electron chi connectivity index (χ0n) is 19.7. The Hall–Kier alpha value is -4.08. The fraction of sp³-hybridized carbons (Fsp3) is 0.269. The van der Waals surface area contributed by atoms with Crippen LogP contribution >= 0.6 is 0 Å². The number of hydrogen-bond donors (Lipinski definition) is 1. The zero-order valence-corrected chi connectivity index (χ0v) is 19.7. The van der Waals surface area contributed by atoms with Gasteiger partial charge < -0.3 is 19.9 Å². The highest BCUT2D eigenvalue weighted by molar-refractivity contribution is 6.02. The molecule has 3 heterocycles. The van der Waals surface area contributed by atoms with Crippen LogP contribution in [0.3, 0.4) is 0 Å². The van der Waals surface area contributed by atoms with Gasteiger partial charge in [0.25, 0.3) is 0 Å². The number of carbonyl (C=O) groups is 1. The molecule has 0 unspecified atom stereocenters. The van der Waals surface area contributed by atoms with Crippen LogP contribution in [-0.2, 0) is 17.6 Å². The van der Waals surface area contributed by atoms with Crippen molar-refractivity contribution in [2.45, 2.75) is 39.1 Å². The molecule has 0 saturated carbocycles. The van der Waals surface area contributed by atoms with Gasteiger partial charge in [0.15, 0.2) is 0 Å². The van der Waals surface area contributed by atoms with Gasteiger partial charge in [0.05, 0.1) is 11.8 Å². The predicted molar refractivity (Wildman–Crippen MR) is 131 cm³/mol. The summed E-state index contributed by atoms with van der Waals surface area (Å²) in [7, 11) is 0. The number of benzene rings is 2. The minimum atomic E-state index is -4.79. The molecular weight excluding hydrogens is 471 g/mol. The van der Waals surface area contributed by atoms with Crippen molar-refractivity contribution in [1.82, 2.24) is 14.5 Å². The van der Waals surface area contributed by atoms with Crippen LogP contribution in [0.4, 0.5) is 24.7 Å². The minimum Gasteiger partial charge on any atom is -0.406 e. The van der Waals surface area contributed by atoms with Crippen molar-refractivity contribution in [2.75, 3.05) is 17.2 Å². The number of ether oxygens (including phenoxy) is 1. The van der Waals surface area contributed by atoms with E-state index in [9.17, 15) is 18.0 Å². The second kappa shape index (κ2) is 8.85. The van der Waals surface area contributed by atoms with E-state index in [0.29, 0.717) is 24.3 Å². The maximum absolute atomic E-state index is 13.1.